The van der Waals surface area contributed by atoms with Gasteiger partial charge in [0.25, 0.3) is 0 Å². The van der Waals surface area contributed by atoms with Crippen LogP contribution in [0.5, 0.6) is 0 Å². The van der Waals surface area contributed by atoms with Crippen molar-refractivity contribution in [2.75, 3.05) is 27.2 Å². The first-order valence-electron chi connectivity index (χ1n) is 5.73. The van der Waals surface area contributed by atoms with Gasteiger partial charge in [-0.25, -0.2) is 4.98 Å². The quantitative estimate of drug-likeness (QED) is 0.777. The summed E-state index contributed by atoms with van der Waals surface area (Å²) in [6, 6.07) is 2.04. The van der Waals surface area contributed by atoms with Gasteiger partial charge in [-0.15, -0.1) is 11.3 Å². The first-order chi connectivity index (χ1) is 8.52. The number of carbonyl (C=O) groups excluding carboxylic acids is 1. The second kappa shape index (κ2) is 7.09. The highest BCUT2D eigenvalue weighted by Gasteiger charge is 2.12. The zero-order valence-corrected chi connectivity index (χ0v) is 11.8. The van der Waals surface area contributed by atoms with Crippen LogP contribution in [0.15, 0.2) is 6.20 Å². The van der Waals surface area contributed by atoms with E-state index in [1.165, 1.54) is 0 Å². The summed E-state index contributed by atoms with van der Waals surface area (Å²) >= 11 is 1.64. The maximum atomic E-state index is 11.8. The van der Waals surface area contributed by atoms with E-state index in [2.05, 4.69) is 4.98 Å². The second-order valence-electron chi connectivity index (χ2n) is 4.24. The molecule has 0 atom stereocenters. The molecule has 1 rings (SSSR count). The number of carbonyl (C=O) groups is 1. The minimum Gasteiger partial charge on any atom is -0.344 e. The Morgan fingerprint density at radius 3 is 2.83 bits per heavy atom. The minimum atomic E-state index is 0.0361. The molecule has 0 aromatic carbocycles. The summed E-state index contributed by atoms with van der Waals surface area (Å²) in [4.78, 5) is 20.7. The molecular weight excluding hydrogens is 248 g/mol. The molecule has 1 heterocycles. The average Bonchev–Trinajstić information content (AvgIpc) is 2.71. The fraction of sp³-hybridized carbons (Fsp3) is 0.583. The van der Waals surface area contributed by atoms with Crippen LogP contribution >= 0.6 is 11.3 Å². The van der Waals surface area contributed by atoms with Gasteiger partial charge in [-0.3, -0.25) is 9.69 Å². The van der Waals surface area contributed by atoms with Gasteiger partial charge in [0.1, 0.15) is 0 Å². The molecule has 0 unspecified atom stereocenters. The summed E-state index contributed by atoms with van der Waals surface area (Å²) in [5.41, 5.74) is 0. The number of thiazole rings is 1. The van der Waals surface area contributed by atoms with E-state index in [0.717, 1.165) is 16.4 Å². The summed E-state index contributed by atoms with van der Waals surface area (Å²) in [6.07, 6.45) is 2.22. The van der Waals surface area contributed by atoms with Crippen molar-refractivity contribution in [3.63, 3.8) is 0 Å². The topological polar surface area (TPSA) is 60.2 Å². The van der Waals surface area contributed by atoms with Gasteiger partial charge >= 0.3 is 0 Å². The van der Waals surface area contributed by atoms with Crippen molar-refractivity contribution in [2.24, 2.45) is 0 Å². The van der Waals surface area contributed by atoms with Crippen molar-refractivity contribution < 1.29 is 4.79 Å². The summed E-state index contributed by atoms with van der Waals surface area (Å²) in [5, 5.41) is 9.51. The molecule has 1 aromatic rings. The van der Waals surface area contributed by atoms with Crippen molar-refractivity contribution in [2.45, 2.75) is 19.9 Å². The predicted molar refractivity (Wildman–Crippen MR) is 71.1 cm³/mol. The number of hydrogen-bond donors (Lipinski definition) is 0. The lowest BCUT2D eigenvalue weighted by Crippen LogP contribution is -2.36. The molecule has 0 fully saturated rings. The van der Waals surface area contributed by atoms with E-state index in [-0.39, 0.29) is 5.91 Å². The van der Waals surface area contributed by atoms with E-state index >= 15 is 0 Å². The van der Waals surface area contributed by atoms with Crippen molar-refractivity contribution >= 4 is 17.2 Å². The lowest BCUT2D eigenvalue weighted by molar-refractivity contribution is -0.130. The van der Waals surface area contributed by atoms with Crippen LogP contribution in [-0.2, 0) is 11.3 Å². The van der Waals surface area contributed by atoms with Crippen molar-refractivity contribution in [3.8, 4) is 6.07 Å². The number of likely N-dealkylation sites (N-methyl/N-ethyl adjacent to an activating group) is 2. The summed E-state index contributed by atoms with van der Waals surface area (Å²) in [7, 11) is 3.63. The number of hydrogen-bond acceptors (Lipinski definition) is 5. The molecule has 0 aliphatic rings. The Kier molecular flexibility index (Phi) is 5.75. The van der Waals surface area contributed by atoms with E-state index in [9.17, 15) is 4.79 Å². The van der Waals surface area contributed by atoms with Crippen LogP contribution in [0, 0.1) is 18.3 Å². The molecule has 1 amide bonds. The molecule has 0 spiro atoms. The maximum absolute atomic E-state index is 11.8. The lowest BCUT2D eigenvalue weighted by Gasteiger charge is -2.20. The van der Waals surface area contributed by atoms with Gasteiger partial charge in [-0.05, 0) is 14.0 Å². The molecule has 0 saturated carbocycles. The Morgan fingerprint density at radius 2 is 2.28 bits per heavy atom. The molecule has 6 heteroatoms. The molecule has 98 valence electrons. The van der Waals surface area contributed by atoms with Gasteiger partial charge in [0, 0.05) is 31.2 Å². The first kappa shape index (κ1) is 14.6. The molecular formula is C12H18N4OS. The Hall–Kier alpha value is -1.45. The lowest BCUT2D eigenvalue weighted by atomic mass is 10.4. The third-order valence-corrected chi connectivity index (χ3v) is 3.38. The number of aromatic nitrogens is 1. The molecule has 0 N–H and O–H groups in total. The highest BCUT2D eigenvalue weighted by atomic mass is 32.1. The van der Waals surface area contributed by atoms with Crippen LogP contribution in [0.4, 0.5) is 0 Å². The SMILES string of the molecule is Cc1ncc(CN(C)CC(=O)N(C)CCC#N)s1. The number of aryl methyl sites for hydroxylation is 1. The fourth-order valence-corrected chi connectivity index (χ4v) is 2.37. The Morgan fingerprint density at radius 1 is 1.56 bits per heavy atom. The van der Waals surface area contributed by atoms with Crippen LogP contribution in [0.25, 0.3) is 0 Å². The van der Waals surface area contributed by atoms with Crippen LogP contribution in [0.1, 0.15) is 16.3 Å². The molecule has 0 aliphatic heterocycles. The zero-order chi connectivity index (χ0) is 13.5. The molecule has 18 heavy (non-hydrogen) atoms. The first-order valence-corrected chi connectivity index (χ1v) is 6.55. The van der Waals surface area contributed by atoms with Gasteiger partial charge in [0.2, 0.25) is 5.91 Å². The minimum absolute atomic E-state index is 0.0361. The third kappa shape index (κ3) is 4.82. The third-order valence-electron chi connectivity index (χ3n) is 2.48. The molecule has 0 radical (unpaired) electrons. The highest BCUT2D eigenvalue weighted by molar-refractivity contribution is 7.11. The molecule has 0 bridgehead atoms. The average molecular weight is 266 g/mol. The van der Waals surface area contributed by atoms with E-state index in [4.69, 9.17) is 5.26 Å². The van der Waals surface area contributed by atoms with Gasteiger partial charge < -0.3 is 4.90 Å². The monoisotopic (exact) mass is 266 g/mol. The van der Waals surface area contributed by atoms with Crippen molar-refractivity contribution in [1.82, 2.24) is 14.8 Å². The standard InChI is InChI=1S/C12H18N4OS/c1-10-14-7-11(18-10)8-15(2)9-12(17)16(3)6-4-5-13/h7H,4,6,8-9H2,1-3H3. The summed E-state index contributed by atoms with van der Waals surface area (Å²) < 4.78 is 0. The van der Waals surface area contributed by atoms with Gasteiger partial charge in [-0.1, -0.05) is 0 Å². The fourth-order valence-electron chi connectivity index (χ4n) is 1.49. The number of amides is 1. The summed E-state index contributed by atoms with van der Waals surface area (Å²) in [5.74, 6) is 0.0361. The number of nitrogens with zero attached hydrogens (tertiary/aromatic N) is 4. The van der Waals surface area contributed by atoms with Gasteiger partial charge in [0.05, 0.1) is 24.0 Å². The molecule has 0 aliphatic carbocycles. The van der Waals surface area contributed by atoms with Crippen LogP contribution in [-0.4, -0.2) is 47.9 Å². The van der Waals surface area contributed by atoms with Crippen LogP contribution < -0.4 is 0 Å². The summed E-state index contributed by atoms with van der Waals surface area (Å²) in [6.45, 7) is 3.54. The van der Waals surface area contributed by atoms with E-state index in [1.54, 1.807) is 23.3 Å². The van der Waals surface area contributed by atoms with E-state index in [1.807, 2.05) is 31.1 Å². The number of nitriles is 1. The van der Waals surface area contributed by atoms with Crippen LogP contribution in [0.3, 0.4) is 0 Å². The van der Waals surface area contributed by atoms with Crippen molar-refractivity contribution in [1.29, 1.82) is 5.26 Å². The number of rotatable bonds is 6. The molecule has 0 saturated heterocycles. The highest BCUT2D eigenvalue weighted by Crippen LogP contribution is 2.13. The van der Waals surface area contributed by atoms with Gasteiger partial charge in [-0.2, -0.15) is 5.26 Å². The van der Waals surface area contributed by atoms with Crippen LogP contribution in [0.2, 0.25) is 0 Å². The molecule has 1 aromatic heterocycles. The Labute approximate surface area is 112 Å². The Balaban J connectivity index is 2.37. The molecule has 5 nitrogen and oxygen atoms in total. The van der Waals surface area contributed by atoms with E-state index in [0.29, 0.717) is 19.5 Å². The second-order valence-corrected chi connectivity index (χ2v) is 5.56. The maximum Gasteiger partial charge on any atom is 0.236 e. The Bertz CT molecular complexity index is 438. The zero-order valence-electron chi connectivity index (χ0n) is 11.0. The normalized spacial score (nSPS) is 10.4. The smallest absolute Gasteiger partial charge is 0.236 e. The largest absolute Gasteiger partial charge is 0.344 e. The van der Waals surface area contributed by atoms with Gasteiger partial charge in [0.15, 0.2) is 0 Å². The predicted octanol–water partition coefficient (Wildman–Crippen LogP) is 1.26. The van der Waals surface area contributed by atoms with E-state index < -0.39 is 0 Å². The van der Waals surface area contributed by atoms with Crippen molar-refractivity contribution in [3.05, 3.63) is 16.1 Å².